The molecule has 1 N–H and O–H groups in total. The molecule has 0 radical (unpaired) electrons. The molecule has 22 heavy (non-hydrogen) atoms. The van der Waals surface area contributed by atoms with E-state index in [2.05, 4.69) is 5.32 Å². The first-order chi connectivity index (χ1) is 10.7. The lowest BCUT2D eigenvalue weighted by atomic mass is 10.2. The van der Waals surface area contributed by atoms with Gasteiger partial charge in [0.1, 0.15) is 11.6 Å². The van der Waals surface area contributed by atoms with Crippen molar-refractivity contribution in [2.75, 3.05) is 25.6 Å². The Morgan fingerprint density at radius 1 is 1.23 bits per heavy atom. The highest BCUT2D eigenvalue weighted by Gasteiger charge is 2.02. The van der Waals surface area contributed by atoms with E-state index in [0.717, 1.165) is 11.3 Å². The van der Waals surface area contributed by atoms with Gasteiger partial charge in [-0.05, 0) is 35.9 Å². The molecule has 0 aliphatic carbocycles. The fourth-order valence-electron chi connectivity index (χ4n) is 1.94. The van der Waals surface area contributed by atoms with Crippen LogP contribution in [0.4, 0.5) is 10.1 Å². The zero-order chi connectivity index (χ0) is 15.8. The molecule has 4 nitrogen and oxygen atoms in total. The van der Waals surface area contributed by atoms with Gasteiger partial charge in [-0.1, -0.05) is 12.1 Å². The van der Waals surface area contributed by atoms with E-state index in [-0.39, 0.29) is 0 Å². The summed E-state index contributed by atoms with van der Waals surface area (Å²) in [6, 6.07) is 13.9. The van der Waals surface area contributed by atoms with Crippen molar-refractivity contribution in [2.24, 2.45) is 0 Å². The molecule has 2 aromatic rings. The Balaban J connectivity index is 1.74. The number of nitriles is 1. The van der Waals surface area contributed by atoms with E-state index >= 15 is 0 Å². The second kappa shape index (κ2) is 8.01. The van der Waals surface area contributed by atoms with Gasteiger partial charge in [0.25, 0.3) is 0 Å². The van der Waals surface area contributed by atoms with Crippen LogP contribution in [0.25, 0.3) is 0 Å². The molecule has 0 atom stereocenters. The van der Waals surface area contributed by atoms with E-state index in [1.165, 1.54) is 6.07 Å². The fourth-order valence-corrected chi connectivity index (χ4v) is 1.94. The number of halogens is 1. The monoisotopic (exact) mass is 300 g/mol. The lowest BCUT2D eigenvalue weighted by Crippen LogP contribution is -2.10. The van der Waals surface area contributed by atoms with Crippen LogP contribution >= 0.6 is 0 Å². The quantitative estimate of drug-likeness (QED) is 0.797. The minimum Gasteiger partial charge on any atom is -0.497 e. The average Bonchev–Trinajstić information content (AvgIpc) is 2.56. The predicted molar refractivity (Wildman–Crippen MR) is 82.3 cm³/mol. The third-order valence-corrected chi connectivity index (χ3v) is 3.06. The average molecular weight is 300 g/mol. The summed E-state index contributed by atoms with van der Waals surface area (Å²) >= 11 is 0. The molecule has 2 aromatic carbocycles. The molecule has 0 heterocycles. The second-order valence-electron chi connectivity index (χ2n) is 4.64. The number of nitrogens with zero attached hydrogens (tertiary/aromatic N) is 1. The second-order valence-corrected chi connectivity index (χ2v) is 4.64. The maximum absolute atomic E-state index is 13.6. The number of methoxy groups -OCH3 is 1. The van der Waals surface area contributed by atoms with Crippen LogP contribution in [-0.4, -0.2) is 20.3 Å². The van der Waals surface area contributed by atoms with Crippen molar-refractivity contribution in [1.29, 1.82) is 5.26 Å². The fraction of sp³-hybridized carbons (Fsp3) is 0.235. The summed E-state index contributed by atoms with van der Waals surface area (Å²) in [4.78, 5) is 0. The Morgan fingerprint density at radius 3 is 2.82 bits per heavy atom. The number of ether oxygens (including phenoxy) is 2. The van der Waals surface area contributed by atoms with Gasteiger partial charge in [0, 0.05) is 6.54 Å². The zero-order valence-corrected chi connectivity index (χ0v) is 12.3. The van der Waals surface area contributed by atoms with Crippen LogP contribution in [0, 0.1) is 17.1 Å². The van der Waals surface area contributed by atoms with Crippen LogP contribution in [0.5, 0.6) is 5.75 Å². The van der Waals surface area contributed by atoms with Crippen LogP contribution in [-0.2, 0) is 11.3 Å². The van der Waals surface area contributed by atoms with Crippen LogP contribution in [0.15, 0.2) is 42.5 Å². The van der Waals surface area contributed by atoms with Crippen LogP contribution < -0.4 is 10.1 Å². The van der Waals surface area contributed by atoms with Gasteiger partial charge in [-0.15, -0.1) is 0 Å². The Labute approximate surface area is 129 Å². The number of rotatable bonds is 7. The Hall–Kier alpha value is -2.58. The SMILES string of the molecule is COc1cccc(COCCNc2ccc(C#N)cc2F)c1. The summed E-state index contributed by atoms with van der Waals surface area (Å²) in [7, 11) is 1.62. The van der Waals surface area contributed by atoms with Crippen LogP contribution in [0.2, 0.25) is 0 Å². The van der Waals surface area contributed by atoms with E-state index < -0.39 is 5.82 Å². The molecular formula is C17H17FN2O2. The summed E-state index contributed by atoms with van der Waals surface area (Å²) in [5.74, 6) is 0.353. The molecule has 0 unspecified atom stereocenters. The van der Waals surface area contributed by atoms with Gasteiger partial charge in [-0.2, -0.15) is 5.26 Å². The first-order valence-electron chi connectivity index (χ1n) is 6.87. The van der Waals surface area contributed by atoms with Crippen molar-refractivity contribution < 1.29 is 13.9 Å². The first-order valence-corrected chi connectivity index (χ1v) is 6.87. The normalized spacial score (nSPS) is 10.0. The molecule has 0 aliphatic rings. The summed E-state index contributed by atoms with van der Waals surface area (Å²) in [5.41, 5.74) is 1.69. The zero-order valence-electron chi connectivity index (χ0n) is 12.3. The number of anilines is 1. The van der Waals surface area contributed by atoms with Crippen molar-refractivity contribution in [3.8, 4) is 11.8 Å². The minimum absolute atomic E-state index is 0.303. The largest absolute Gasteiger partial charge is 0.497 e. The molecule has 114 valence electrons. The van der Waals surface area contributed by atoms with Gasteiger partial charge >= 0.3 is 0 Å². The summed E-state index contributed by atoms with van der Waals surface area (Å²) in [6.07, 6.45) is 0. The molecule has 0 spiro atoms. The van der Waals surface area contributed by atoms with E-state index in [1.54, 1.807) is 19.2 Å². The highest BCUT2D eigenvalue weighted by atomic mass is 19.1. The van der Waals surface area contributed by atoms with E-state index in [0.29, 0.717) is 31.0 Å². The smallest absolute Gasteiger partial charge is 0.147 e. The highest BCUT2D eigenvalue weighted by Crippen LogP contribution is 2.15. The number of benzene rings is 2. The minimum atomic E-state index is -0.438. The van der Waals surface area contributed by atoms with Gasteiger partial charge in [0.05, 0.1) is 37.6 Å². The third-order valence-electron chi connectivity index (χ3n) is 3.06. The summed E-state index contributed by atoms with van der Waals surface area (Å²) < 4.78 is 24.3. The van der Waals surface area contributed by atoms with Crippen molar-refractivity contribution in [1.82, 2.24) is 0 Å². The maximum atomic E-state index is 13.6. The molecule has 5 heteroatoms. The van der Waals surface area contributed by atoms with E-state index in [4.69, 9.17) is 14.7 Å². The van der Waals surface area contributed by atoms with E-state index in [1.807, 2.05) is 30.3 Å². The summed E-state index contributed by atoms with van der Waals surface area (Å²) in [5, 5.41) is 11.6. The van der Waals surface area contributed by atoms with Crippen molar-refractivity contribution in [2.45, 2.75) is 6.61 Å². The number of hydrogen-bond acceptors (Lipinski definition) is 4. The van der Waals surface area contributed by atoms with Crippen molar-refractivity contribution in [3.63, 3.8) is 0 Å². The first kappa shape index (κ1) is 15.8. The van der Waals surface area contributed by atoms with Gasteiger partial charge in [-0.3, -0.25) is 0 Å². The van der Waals surface area contributed by atoms with E-state index in [9.17, 15) is 4.39 Å². The van der Waals surface area contributed by atoms with Gasteiger partial charge < -0.3 is 14.8 Å². The number of nitrogens with one attached hydrogen (secondary N) is 1. The molecule has 0 saturated carbocycles. The molecule has 0 aliphatic heterocycles. The lowest BCUT2D eigenvalue weighted by Gasteiger charge is -2.09. The molecule has 2 rings (SSSR count). The molecular weight excluding hydrogens is 283 g/mol. The lowest BCUT2D eigenvalue weighted by molar-refractivity contribution is 0.130. The van der Waals surface area contributed by atoms with Crippen molar-refractivity contribution in [3.05, 3.63) is 59.4 Å². The predicted octanol–water partition coefficient (Wildman–Crippen LogP) is 3.33. The molecule has 0 aromatic heterocycles. The molecule has 0 saturated heterocycles. The van der Waals surface area contributed by atoms with Crippen LogP contribution in [0.1, 0.15) is 11.1 Å². The van der Waals surface area contributed by atoms with Gasteiger partial charge in [0.2, 0.25) is 0 Å². The highest BCUT2D eigenvalue weighted by molar-refractivity contribution is 5.48. The maximum Gasteiger partial charge on any atom is 0.147 e. The Morgan fingerprint density at radius 2 is 2.09 bits per heavy atom. The Kier molecular flexibility index (Phi) is 5.75. The standard InChI is InChI=1S/C17H17FN2O2/c1-21-15-4-2-3-14(9-15)12-22-8-7-20-17-6-5-13(11-19)10-16(17)18/h2-6,9-10,20H,7-8,12H2,1H3. The molecule has 0 fully saturated rings. The van der Waals surface area contributed by atoms with Gasteiger partial charge in [-0.25, -0.2) is 4.39 Å². The summed E-state index contributed by atoms with van der Waals surface area (Å²) in [6.45, 7) is 1.39. The van der Waals surface area contributed by atoms with Crippen LogP contribution in [0.3, 0.4) is 0 Å². The van der Waals surface area contributed by atoms with Gasteiger partial charge in [0.15, 0.2) is 0 Å². The molecule has 0 amide bonds. The van der Waals surface area contributed by atoms with Crippen molar-refractivity contribution >= 4 is 5.69 Å². The number of hydrogen-bond donors (Lipinski definition) is 1. The topological polar surface area (TPSA) is 54.3 Å². The molecule has 0 bridgehead atoms. The third kappa shape index (κ3) is 4.47. The Bertz CT molecular complexity index is 668.